The number of halogens is 1. The van der Waals surface area contributed by atoms with E-state index in [1.807, 2.05) is 6.08 Å². The average Bonchev–Trinajstić information content (AvgIpc) is 2.78. The molecule has 2 aliphatic rings. The average molecular weight is 401 g/mol. The first kappa shape index (κ1) is 22.4. The van der Waals surface area contributed by atoms with Gasteiger partial charge in [-0.15, -0.1) is 0 Å². The zero-order valence-electron chi connectivity index (χ0n) is 18.5. The molecule has 162 valence electrons. The summed E-state index contributed by atoms with van der Waals surface area (Å²) in [6.45, 7) is 2.74. The summed E-state index contributed by atoms with van der Waals surface area (Å²) in [6, 6.07) is 8.91. The first-order valence-corrected chi connectivity index (χ1v) is 12.2. The Morgan fingerprint density at radius 2 is 1.48 bits per heavy atom. The Balaban J connectivity index is 1.36. The Bertz CT molecular complexity index is 577. The Hall–Kier alpha value is -1.31. The van der Waals surface area contributed by atoms with Crippen molar-refractivity contribution in [2.75, 3.05) is 13.3 Å². The van der Waals surface area contributed by atoms with Gasteiger partial charge in [0.15, 0.2) is 0 Å². The van der Waals surface area contributed by atoms with Crippen LogP contribution in [-0.2, 0) is 0 Å². The highest BCUT2D eigenvalue weighted by molar-refractivity contribution is 5.29. The Morgan fingerprint density at radius 3 is 2.10 bits per heavy atom. The summed E-state index contributed by atoms with van der Waals surface area (Å²) in [5, 5.41) is 0. The molecule has 2 fully saturated rings. The third-order valence-corrected chi connectivity index (χ3v) is 7.34. The van der Waals surface area contributed by atoms with Crippen LogP contribution in [0.2, 0.25) is 0 Å². The fourth-order valence-corrected chi connectivity index (χ4v) is 5.56. The van der Waals surface area contributed by atoms with Gasteiger partial charge in [-0.05, 0) is 106 Å². The number of allylic oxidation sites excluding steroid dienone is 2. The second kappa shape index (κ2) is 12.4. The number of hydrogen-bond donors (Lipinski definition) is 0. The van der Waals surface area contributed by atoms with E-state index < -0.39 is 0 Å². The van der Waals surface area contributed by atoms with Crippen molar-refractivity contribution in [1.29, 1.82) is 0 Å². The van der Waals surface area contributed by atoms with Gasteiger partial charge < -0.3 is 4.74 Å². The van der Waals surface area contributed by atoms with Crippen LogP contribution in [0.4, 0.5) is 4.39 Å². The summed E-state index contributed by atoms with van der Waals surface area (Å²) < 4.78 is 17.8. The number of benzene rings is 1. The maximum absolute atomic E-state index is 12.1. The van der Waals surface area contributed by atoms with Crippen molar-refractivity contribution in [3.63, 3.8) is 0 Å². The van der Waals surface area contributed by atoms with Crippen molar-refractivity contribution < 1.29 is 9.13 Å². The van der Waals surface area contributed by atoms with E-state index in [4.69, 9.17) is 4.74 Å². The lowest BCUT2D eigenvalue weighted by molar-refractivity contribution is 0.157. The predicted octanol–water partition coefficient (Wildman–Crippen LogP) is 8.25. The van der Waals surface area contributed by atoms with Gasteiger partial charge in [0.25, 0.3) is 0 Å². The molecule has 0 aliphatic heterocycles. The maximum Gasteiger partial charge on any atom is 0.119 e. The quantitative estimate of drug-likeness (QED) is 0.359. The molecule has 29 heavy (non-hydrogen) atoms. The molecule has 1 aromatic carbocycles. The van der Waals surface area contributed by atoms with Crippen LogP contribution in [-0.4, -0.2) is 13.3 Å². The highest BCUT2D eigenvalue weighted by Crippen LogP contribution is 2.44. The van der Waals surface area contributed by atoms with E-state index in [-0.39, 0.29) is 6.67 Å². The topological polar surface area (TPSA) is 9.23 Å². The molecule has 0 atom stereocenters. The van der Waals surface area contributed by atoms with Crippen LogP contribution < -0.4 is 4.74 Å². The molecular formula is C27H41FO. The summed E-state index contributed by atoms with van der Waals surface area (Å²) in [6.07, 6.45) is 19.6. The SMILES string of the molecule is CCCOc1ccc(C2CCC([C@H]3CC[C@H](CC/C=C/CCF)CC3)CC2)cc1. The monoisotopic (exact) mass is 400 g/mol. The predicted molar refractivity (Wildman–Crippen MR) is 121 cm³/mol. The second-order valence-corrected chi connectivity index (χ2v) is 9.34. The van der Waals surface area contributed by atoms with E-state index in [9.17, 15) is 4.39 Å². The van der Waals surface area contributed by atoms with Crippen LogP contribution in [0.3, 0.4) is 0 Å². The molecule has 0 saturated heterocycles. The lowest BCUT2D eigenvalue weighted by atomic mass is 9.68. The van der Waals surface area contributed by atoms with E-state index in [1.165, 1.54) is 63.4 Å². The molecule has 2 saturated carbocycles. The van der Waals surface area contributed by atoms with E-state index in [2.05, 4.69) is 37.3 Å². The molecule has 2 aliphatic carbocycles. The number of ether oxygens (including phenoxy) is 1. The zero-order valence-corrected chi connectivity index (χ0v) is 18.5. The van der Waals surface area contributed by atoms with E-state index in [0.29, 0.717) is 6.42 Å². The fraction of sp³-hybridized carbons (Fsp3) is 0.704. The van der Waals surface area contributed by atoms with Gasteiger partial charge in [0.2, 0.25) is 0 Å². The molecule has 0 radical (unpaired) electrons. The smallest absolute Gasteiger partial charge is 0.119 e. The highest BCUT2D eigenvalue weighted by atomic mass is 19.1. The third kappa shape index (κ3) is 7.15. The Kier molecular flexibility index (Phi) is 9.57. The van der Waals surface area contributed by atoms with Crippen LogP contribution in [0.15, 0.2) is 36.4 Å². The summed E-state index contributed by atoms with van der Waals surface area (Å²) in [5.41, 5.74) is 1.51. The molecule has 0 unspecified atom stereocenters. The molecule has 0 amide bonds. The molecule has 3 rings (SSSR count). The van der Waals surface area contributed by atoms with Crippen molar-refractivity contribution in [2.24, 2.45) is 17.8 Å². The number of alkyl halides is 1. The van der Waals surface area contributed by atoms with Gasteiger partial charge in [-0.3, -0.25) is 4.39 Å². The molecular weight excluding hydrogens is 359 g/mol. The minimum absolute atomic E-state index is 0.220. The van der Waals surface area contributed by atoms with Crippen LogP contribution in [0.5, 0.6) is 5.75 Å². The van der Waals surface area contributed by atoms with Gasteiger partial charge in [0, 0.05) is 0 Å². The lowest BCUT2D eigenvalue weighted by Crippen LogP contribution is -2.25. The van der Waals surface area contributed by atoms with Gasteiger partial charge >= 0.3 is 0 Å². The molecule has 0 bridgehead atoms. The Morgan fingerprint density at radius 1 is 0.862 bits per heavy atom. The molecule has 0 N–H and O–H groups in total. The fourth-order valence-electron chi connectivity index (χ4n) is 5.56. The molecule has 0 aromatic heterocycles. The number of rotatable bonds is 10. The molecule has 0 spiro atoms. The van der Waals surface area contributed by atoms with E-state index in [0.717, 1.165) is 48.9 Å². The second-order valence-electron chi connectivity index (χ2n) is 9.34. The van der Waals surface area contributed by atoms with Crippen molar-refractivity contribution in [3.05, 3.63) is 42.0 Å². The largest absolute Gasteiger partial charge is 0.494 e. The first-order chi connectivity index (χ1) is 14.3. The third-order valence-electron chi connectivity index (χ3n) is 7.34. The molecule has 1 aromatic rings. The van der Waals surface area contributed by atoms with Crippen molar-refractivity contribution in [1.82, 2.24) is 0 Å². The van der Waals surface area contributed by atoms with Crippen LogP contribution >= 0.6 is 0 Å². The van der Waals surface area contributed by atoms with Gasteiger partial charge in [0.1, 0.15) is 5.75 Å². The van der Waals surface area contributed by atoms with Crippen molar-refractivity contribution >= 4 is 0 Å². The maximum atomic E-state index is 12.1. The minimum atomic E-state index is -0.220. The van der Waals surface area contributed by atoms with Crippen molar-refractivity contribution in [3.8, 4) is 5.75 Å². The van der Waals surface area contributed by atoms with Crippen LogP contribution in [0.1, 0.15) is 95.5 Å². The first-order valence-electron chi connectivity index (χ1n) is 12.2. The summed E-state index contributed by atoms with van der Waals surface area (Å²) in [5.74, 6) is 4.60. The standard InChI is InChI=1S/C27H41FO/c1-2-21-29-27-18-16-26(17-19-27)25-14-12-24(13-15-25)23-10-8-22(9-11-23)7-5-3-4-6-20-28/h3-4,16-19,22-25H,2,5-15,20-21H2,1H3/b4-3+/t22-,23-,24?,25?. The molecule has 0 heterocycles. The Labute approximate surface area is 178 Å². The van der Waals surface area contributed by atoms with E-state index in [1.54, 1.807) is 0 Å². The number of hydrogen-bond acceptors (Lipinski definition) is 1. The summed E-state index contributed by atoms with van der Waals surface area (Å²) in [4.78, 5) is 0. The van der Waals surface area contributed by atoms with Crippen LogP contribution in [0.25, 0.3) is 0 Å². The summed E-state index contributed by atoms with van der Waals surface area (Å²) in [7, 11) is 0. The van der Waals surface area contributed by atoms with E-state index >= 15 is 0 Å². The van der Waals surface area contributed by atoms with Crippen molar-refractivity contribution in [2.45, 2.75) is 89.9 Å². The molecule has 1 nitrogen and oxygen atoms in total. The normalized spacial score (nSPS) is 27.9. The molecule has 2 heteroatoms. The van der Waals surface area contributed by atoms with Gasteiger partial charge in [0.05, 0.1) is 13.3 Å². The van der Waals surface area contributed by atoms with Gasteiger partial charge in [-0.2, -0.15) is 0 Å². The lowest BCUT2D eigenvalue weighted by Gasteiger charge is -2.38. The highest BCUT2D eigenvalue weighted by Gasteiger charge is 2.31. The van der Waals surface area contributed by atoms with Gasteiger partial charge in [-0.25, -0.2) is 0 Å². The summed E-state index contributed by atoms with van der Waals surface area (Å²) >= 11 is 0. The van der Waals surface area contributed by atoms with Crippen LogP contribution in [0, 0.1) is 17.8 Å². The minimum Gasteiger partial charge on any atom is -0.494 e. The zero-order chi connectivity index (χ0) is 20.3. The van der Waals surface area contributed by atoms with Gasteiger partial charge in [-0.1, -0.05) is 44.1 Å².